The first kappa shape index (κ1) is 14.2. The van der Waals surface area contributed by atoms with E-state index in [4.69, 9.17) is 4.74 Å². The van der Waals surface area contributed by atoms with Crippen LogP contribution >= 0.6 is 0 Å². The molecule has 1 heterocycles. The zero-order valence-electron chi connectivity index (χ0n) is 10.1. The summed E-state index contributed by atoms with van der Waals surface area (Å²) in [5.74, 6) is 4.35. The van der Waals surface area contributed by atoms with Gasteiger partial charge < -0.3 is 14.5 Å². The largest absolute Gasteiger partial charge is 0.444 e. The topological polar surface area (TPSA) is 64.8 Å². The van der Waals surface area contributed by atoms with Gasteiger partial charge in [-0.3, -0.25) is 0 Å². The molecule has 0 spiro atoms. The van der Waals surface area contributed by atoms with Crippen LogP contribution in [0, 0.1) is 0 Å². The van der Waals surface area contributed by atoms with Crippen molar-refractivity contribution in [2.45, 2.75) is 39.2 Å². The Hall–Kier alpha value is -0.810. The van der Waals surface area contributed by atoms with Crippen molar-refractivity contribution < 1.29 is 14.4 Å². The van der Waals surface area contributed by atoms with Gasteiger partial charge in [0.15, 0.2) is 0 Å². The lowest BCUT2D eigenvalue weighted by Crippen LogP contribution is -2.34. The fourth-order valence-corrected chi connectivity index (χ4v) is 1.23. The number of amides is 1. The molecule has 0 aromatic carbocycles. The van der Waals surface area contributed by atoms with E-state index in [0.717, 1.165) is 25.9 Å². The van der Waals surface area contributed by atoms with E-state index in [1.54, 1.807) is 4.90 Å². The first-order valence-corrected chi connectivity index (χ1v) is 5.11. The Labute approximate surface area is 91.5 Å². The molecule has 1 rings (SSSR count). The molecular formula is C10H22N2O3. The van der Waals surface area contributed by atoms with Gasteiger partial charge in [-0.15, -0.1) is 0 Å². The summed E-state index contributed by atoms with van der Waals surface area (Å²) in [7, 11) is 1.40. The second kappa shape index (κ2) is 6.63. The highest BCUT2D eigenvalue weighted by Crippen LogP contribution is 2.14. The van der Waals surface area contributed by atoms with Crippen LogP contribution in [0.3, 0.4) is 0 Å². The molecule has 1 saturated heterocycles. The van der Waals surface area contributed by atoms with Gasteiger partial charge in [0, 0.05) is 13.1 Å². The SMILES string of the molecule is CC(C)(C)OC(=O)N1CCCC1.CON. The summed E-state index contributed by atoms with van der Waals surface area (Å²) in [4.78, 5) is 16.9. The summed E-state index contributed by atoms with van der Waals surface area (Å²) >= 11 is 0. The van der Waals surface area contributed by atoms with Crippen LogP contribution in [0.25, 0.3) is 0 Å². The quantitative estimate of drug-likeness (QED) is 0.626. The van der Waals surface area contributed by atoms with Gasteiger partial charge in [0.2, 0.25) is 0 Å². The number of likely N-dealkylation sites (tertiary alicyclic amines) is 1. The third-order valence-corrected chi connectivity index (χ3v) is 1.76. The summed E-state index contributed by atoms with van der Waals surface area (Å²) < 4.78 is 5.21. The van der Waals surface area contributed by atoms with E-state index in [0.29, 0.717) is 0 Å². The zero-order valence-corrected chi connectivity index (χ0v) is 10.1. The second-order valence-corrected chi connectivity index (χ2v) is 4.41. The molecule has 0 saturated carbocycles. The molecule has 0 radical (unpaired) electrons. The molecule has 15 heavy (non-hydrogen) atoms. The Kier molecular flexibility index (Phi) is 6.27. The minimum Gasteiger partial charge on any atom is -0.444 e. The standard InChI is InChI=1S/C9H17NO2.CH5NO/c1-9(2,3)12-8(11)10-6-4-5-7-10;1-3-2/h4-7H2,1-3H3;2H2,1H3. The van der Waals surface area contributed by atoms with E-state index >= 15 is 0 Å². The molecule has 1 fully saturated rings. The van der Waals surface area contributed by atoms with Crippen LogP contribution in [0.1, 0.15) is 33.6 Å². The van der Waals surface area contributed by atoms with Gasteiger partial charge in [0.05, 0.1) is 7.11 Å². The average Bonchev–Trinajstić information content (AvgIpc) is 2.53. The highest BCUT2D eigenvalue weighted by molar-refractivity contribution is 5.68. The predicted molar refractivity (Wildman–Crippen MR) is 58.2 cm³/mol. The minimum absolute atomic E-state index is 0.167. The van der Waals surface area contributed by atoms with E-state index in [1.807, 2.05) is 20.8 Å². The fourth-order valence-electron chi connectivity index (χ4n) is 1.23. The summed E-state index contributed by atoms with van der Waals surface area (Å²) in [6, 6.07) is 0. The Balaban J connectivity index is 0.000000583. The Bertz CT molecular complexity index is 184. The summed E-state index contributed by atoms with van der Waals surface area (Å²) in [6.45, 7) is 7.38. The summed E-state index contributed by atoms with van der Waals surface area (Å²) in [6.07, 6.45) is 2.05. The molecule has 0 unspecified atom stereocenters. The van der Waals surface area contributed by atoms with Crippen molar-refractivity contribution >= 4 is 6.09 Å². The third-order valence-electron chi connectivity index (χ3n) is 1.76. The second-order valence-electron chi connectivity index (χ2n) is 4.41. The normalized spacial score (nSPS) is 15.7. The van der Waals surface area contributed by atoms with Crippen LogP contribution in [0.4, 0.5) is 4.79 Å². The molecule has 0 aromatic heterocycles. The van der Waals surface area contributed by atoms with Crippen molar-refractivity contribution in [2.75, 3.05) is 20.2 Å². The van der Waals surface area contributed by atoms with Crippen LogP contribution in [0.2, 0.25) is 0 Å². The number of nitrogens with zero attached hydrogens (tertiary/aromatic N) is 1. The maximum absolute atomic E-state index is 11.4. The van der Waals surface area contributed by atoms with Crippen molar-refractivity contribution in [1.82, 2.24) is 4.90 Å². The van der Waals surface area contributed by atoms with Crippen molar-refractivity contribution in [3.05, 3.63) is 0 Å². The van der Waals surface area contributed by atoms with Gasteiger partial charge in [0.1, 0.15) is 5.60 Å². The average molecular weight is 218 g/mol. The first-order chi connectivity index (χ1) is 6.90. The molecule has 0 bridgehead atoms. The highest BCUT2D eigenvalue weighted by atomic mass is 16.6. The van der Waals surface area contributed by atoms with Crippen molar-refractivity contribution in [1.29, 1.82) is 0 Å². The molecule has 0 aliphatic carbocycles. The smallest absolute Gasteiger partial charge is 0.410 e. The van der Waals surface area contributed by atoms with Crippen molar-refractivity contribution in [3.63, 3.8) is 0 Å². The van der Waals surface area contributed by atoms with E-state index in [9.17, 15) is 4.79 Å². The lowest BCUT2D eigenvalue weighted by molar-refractivity contribution is 0.0295. The van der Waals surface area contributed by atoms with E-state index in [1.165, 1.54) is 7.11 Å². The molecule has 1 aliphatic rings. The number of hydrogen-bond donors (Lipinski definition) is 1. The molecule has 0 atom stereocenters. The van der Waals surface area contributed by atoms with Gasteiger partial charge >= 0.3 is 6.09 Å². The van der Waals surface area contributed by atoms with Crippen molar-refractivity contribution in [2.24, 2.45) is 5.90 Å². The molecule has 90 valence electrons. The minimum atomic E-state index is -0.361. The number of rotatable bonds is 0. The van der Waals surface area contributed by atoms with E-state index < -0.39 is 0 Å². The van der Waals surface area contributed by atoms with Gasteiger partial charge in [-0.25, -0.2) is 10.7 Å². The van der Waals surface area contributed by atoms with Crippen LogP contribution in [-0.4, -0.2) is 36.8 Å². The summed E-state index contributed by atoms with van der Waals surface area (Å²) in [5, 5.41) is 0. The maximum Gasteiger partial charge on any atom is 0.410 e. The predicted octanol–water partition coefficient (Wildman–Crippen LogP) is 1.52. The van der Waals surface area contributed by atoms with Crippen LogP contribution in [0.5, 0.6) is 0 Å². The van der Waals surface area contributed by atoms with Gasteiger partial charge in [-0.1, -0.05) is 0 Å². The van der Waals surface area contributed by atoms with E-state index in [-0.39, 0.29) is 11.7 Å². The molecule has 1 aliphatic heterocycles. The molecule has 0 aromatic rings. The Morgan fingerprint density at radius 3 is 2.00 bits per heavy atom. The van der Waals surface area contributed by atoms with Gasteiger partial charge in [0.25, 0.3) is 0 Å². The van der Waals surface area contributed by atoms with Crippen molar-refractivity contribution in [3.8, 4) is 0 Å². The Morgan fingerprint density at radius 1 is 1.27 bits per heavy atom. The van der Waals surface area contributed by atoms with E-state index in [2.05, 4.69) is 10.7 Å². The number of hydrogen-bond acceptors (Lipinski definition) is 4. The van der Waals surface area contributed by atoms with Crippen LogP contribution < -0.4 is 5.90 Å². The molecular weight excluding hydrogens is 196 g/mol. The fraction of sp³-hybridized carbons (Fsp3) is 0.900. The first-order valence-electron chi connectivity index (χ1n) is 5.11. The number of carbonyl (C=O) groups is 1. The molecule has 2 N–H and O–H groups in total. The number of nitrogens with two attached hydrogens (primary N) is 1. The maximum atomic E-state index is 11.4. The number of carbonyl (C=O) groups excluding carboxylic acids is 1. The van der Waals surface area contributed by atoms with Gasteiger partial charge in [-0.05, 0) is 33.6 Å². The third kappa shape index (κ3) is 7.16. The van der Waals surface area contributed by atoms with Gasteiger partial charge in [-0.2, -0.15) is 0 Å². The molecule has 5 nitrogen and oxygen atoms in total. The molecule has 1 amide bonds. The molecule has 5 heteroatoms. The zero-order chi connectivity index (χ0) is 11.9. The Morgan fingerprint density at radius 2 is 1.67 bits per heavy atom. The van der Waals surface area contributed by atoms with Crippen LogP contribution in [-0.2, 0) is 9.57 Å². The monoisotopic (exact) mass is 218 g/mol. The highest BCUT2D eigenvalue weighted by Gasteiger charge is 2.23. The number of ether oxygens (including phenoxy) is 1. The summed E-state index contributed by atoms with van der Waals surface area (Å²) in [5.41, 5.74) is -0.361. The lowest BCUT2D eigenvalue weighted by Gasteiger charge is -2.23. The van der Waals surface area contributed by atoms with Crippen LogP contribution in [0.15, 0.2) is 0 Å². The lowest BCUT2D eigenvalue weighted by atomic mass is 10.2.